The Morgan fingerprint density at radius 3 is 2.03 bits per heavy atom. The predicted molar refractivity (Wildman–Crippen MR) is 121 cm³/mol. The topological polar surface area (TPSA) is 9.23 Å². The number of unbranched alkanes of at least 4 members (excludes halogenated alkanes) is 1. The largest absolute Gasteiger partial charge is 0.494 e. The molecule has 0 atom stereocenters. The van der Waals surface area contributed by atoms with Gasteiger partial charge in [-0.1, -0.05) is 57.2 Å². The number of rotatable bonds is 10. The minimum Gasteiger partial charge on any atom is -0.494 e. The van der Waals surface area contributed by atoms with E-state index in [0.29, 0.717) is 0 Å². The first-order chi connectivity index (χ1) is 14.3. The summed E-state index contributed by atoms with van der Waals surface area (Å²) in [6.45, 7) is 3.03. The van der Waals surface area contributed by atoms with Gasteiger partial charge in [-0.25, -0.2) is 4.39 Å². The Hall–Kier alpha value is -1.31. The molecule has 1 aromatic rings. The minimum atomic E-state index is 0.720. The van der Waals surface area contributed by atoms with Gasteiger partial charge in [0.15, 0.2) is 0 Å². The molecule has 0 N–H and O–H groups in total. The lowest BCUT2D eigenvalue weighted by molar-refractivity contribution is 0.231. The highest BCUT2D eigenvalue weighted by molar-refractivity contribution is 5.29. The van der Waals surface area contributed by atoms with E-state index in [-0.39, 0.29) is 0 Å². The van der Waals surface area contributed by atoms with Crippen LogP contribution in [0.15, 0.2) is 36.7 Å². The van der Waals surface area contributed by atoms with Gasteiger partial charge in [0.1, 0.15) is 5.75 Å². The number of benzene rings is 1. The van der Waals surface area contributed by atoms with Crippen molar-refractivity contribution >= 4 is 0 Å². The third-order valence-corrected chi connectivity index (χ3v) is 7.47. The molecular weight excluding hydrogens is 359 g/mol. The van der Waals surface area contributed by atoms with E-state index in [4.69, 9.17) is 4.74 Å². The number of halogens is 1. The zero-order chi connectivity index (χ0) is 20.3. The summed E-state index contributed by atoms with van der Waals surface area (Å²) >= 11 is 0. The van der Waals surface area contributed by atoms with Crippen LogP contribution in [-0.4, -0.2) is 6.61 Å². The summed E-state index contributed by atoms with van der Waals surface area (Å²) in [4.78, 5) is 0. The molecule has 0 unspecified atom stereocenters. The van der Waals surface area contributed by atoms with E-state index in [2.05, 4.69) is 31.2 Å². The molecule has 1 aromatic carbocycles. The maximum atomic E-state index is 12.2. The Balaban J connectivity index is 1.32. The van der Waals surface area contributed by atoms with Crippen molar-refractivity contribution < 1.29 is 9.13 Å². The smallest absolute Gasteiger partial charge is 0.119 e. The fraction of sp³-hybridized carbons (Fsp3) is 0.704. The maximum Gasteiger partial charge on any atom is 0.119 e. The van der Waals surface area contributed by atoms with Gasteiger partial charge in [0.25, 0.3) is 0 Å². The minimum absolute atomic E-state index is 0.720. The number of ether oxygens (including phenoxy) is 1. The van der Waals surface area contributed by atoms with Crippen molar-refractivity contribution in [1.29, 1.82) is 0 Å². The molecule has 1 nitrogen and oxygen atoms in total. The van der Waals surface area contributed by atoms with E-state index in [1.54, 1.807) is 6.08 Å². The van der Waals surface area contributed by atoms with Crippen molar-refractivity contribution in [3.05, 3.63) is 42.2 Å². The summed E-state index contributed by atoms with van der Waals surface area (Å²) in [5.74, 6) is 4.37. The van der Waals surface area contributed by atoms with Crippen LogP contribution in [0.1, 0.15) is 102 Å². The molecule has 0 radical (unpaired) electrons. The monoisotopic (exact) mass is 400 g/mol. The molecule has 2 aliphatic carbocycles. The SMILES string of the molecule is CCCCOc1ccc(C2CCC(CCC3CCC(C/C=C/F)CC3)CC2)cc1. The Kier molecular flexibility index (Phi) is 9.57. The van der Waals surface area contributed by atoms with Gasteiger partial charge in [0.2, 0.25) is 0 Å². The number of hydrogen-bond acceptors (Lipinski definition) is 1. The molecule has 3 rings (SSSR count). The third-order valence-electron chi connectivity index (χ3n) is 7.47. The molecule has 2 heteroatoms. The van der Waals surface area contributed by atoms with Crippen LogP contribution in [0, 0.1) is 17.8 Å². The summed E-state index contributed by atoms with van der Waals surface area (Å²) in [5.41, 5.74) is 1.51. The van der Waals surface area contributed by atoms with Gasteiger partial charge < -0.3 is 4.74 Å². The fourth-order valence-corrected chi connectivity index (χ4v) is 5.43. The second-order valence-corrected chi connectivity index (χ2v) is 9.55. The first-order valence-corrected chi connectivity index (χ1v) is 12.3. The standard InChI is InChI=1S/C27H41FO/c1-2-3-21-29-27-18-16-26(17-19-27)25-14-12-24(13-15-25)11-10-23-8-6-22(7-9-23)5-4-20-28/h4,16-20,22-25H,2-3,5-15,21H2,1H3/b20-4+. The van der Waals surface area contributed by atoms with E-state index in [1.165, 1.54) is 76.2 Å². The third kappa shape index (κ3) is 7.46. The van der Waals surface area contributed by atoms with Crippen molar-refractivity contribution in [2.24, 2.45) is 17.8 Å². The normalized spacial score (nSPS) is 27.9. The van der Waals surface area contributed by atoms with E-state index < -0.39 is 0 Å². The van der Waals surface area contributed by atoms with Crippen molar-refractivity contribution in [3.63, 3.8) is 0 Å². The van der Waals surface area contributed by atoms with Crippen molar-refractivity contribution in [2.45, 2.75) is 96.3 Å². The summed E-state index contributed by atoms with van der Waals surface area (Å²) in [6, 6.07) is 8.92. The summed E-state index contributed by atoms with van der Waals surface area (Å²) in [6.07, 6.45) is 19.4. The molecule has 0 saturated heterocycles. The first kappa shape index (κ1) is 22.4. The highest BCUT2D eigenvalue weighted by atomic mass is 19.1. The van der Waals surface area contributed by atoms with Gasteiger partial charge in [0.05, 0.1) is 12.9 Å². The second kappa shape index (κ2) is 12.4. The maximum absolute atomic E-state index is 12.2. The van der Waals surface area contributed by atoms with Crippen LogP contribution < -0.4 is 4.74 Å². The van der Waals surface area contributed by atoms with Crippen LogP contribution in [0.4, 0.5) is 4.39 Å². The lowest BCUT2D eigenvalue weighted by Crippen LogP contribution is -2.17. The van der Waals surface area contributed by atoms with E-state index in [9.17, 15) is 4.39 Å². The summed E-state index contributed by atoms with van der Waals surface area (Å²) in [7, 11) is 0. The van der Waals surface area contributed by atoms with E-state index in [0.717, 1.165) is 55.2 Å². The summed E-state index contributed by atoms with van der Waals surface area (Å²) < 4.78 is 18.0. The van der Waals surface area contributed by atoms with Gasteiger partial charge in [-0.05, 0) is 92.7 Å². The molecule has 2 aliphatic rings. The van der Waals surface area contributed by atoms with Crippen LogP contribution in [0.25, 0.3) is 0 Å². The average molecular weight is 401 g/mol. The van der Waals surface area contributed by atoms with Crippen LogP contribution in [-0.2, 0) is 0 Å². The highest BCUT2D eigenvalue weighted by Gasteiger charge is 2.25. The van der Waals surface area contributed by atoms with Gasteiger partial charge in [-0.3, -0.25) is 0 Å². The average Bonchev–Trinajstić information content (AvgIpc) is 2.78. The Labute approximate surface area is 178 Å². The van der Waals surface area contributed by atoms with E-state index >= 15 is 0 Å². The zero-order valence-electron chi connectivity index (χ0n) is 18.5. The molecule has 0 spiro atoms. The van der Waals surface area contributed by atoms with Crippen molar-refractivity contribution in [3.8, 4) is 5.75 Å². The lowest BCUT2D eigenvalue weighted by Gasteiger charge is -2.32. The van der Waals surface area contributed by atoms with Gasteiger partial charge in [-0.15, -0.1) is 0 Å². The molecule has 2 fully saturated rings. The highest BCUT2D eigenvalue weighted by Crippen LogP contribution is 2.40. The molecule has 0 heterocycles. The van der Waals surface area contributed by atoms with Crippen LogP contribution in [0.3, 0.4) is 0 Å². The molecular formula is C27H41FO. The van der Waals surface area contributed by atoms with Gasteiger partial charge in [-0.2, -0.15) is 0 Å². The molecule has 0 bridgehead atoms. The molecule has 0 aliphatic heterocycles. The molecule has 0 aromatic heterocycles. The fourth-order valence-electron chi connectivity index (χ4n) is 5.43. The zero-order valence-corrected chi connectivity index (χ0v) is 18.5. The van der Waals surface area contributed by atoms with Crippen molar-refractivity contribution in [1.82, 2.24) is 0 Å². The number of allylic oxidation sites excluding steroid dienone is 1. The molecule has 162 valence electrons. The Morgan fingerprint density at radius 1 is 0.862 bits per heavy atom. The quantitative estimate of drug-likeness (QED) is 0.357. The molecule has 2 saturated carbocycles. The first-order valence-electron chi connectivity index (χ1n) is 12.3. The van der Waals surface area contributed by atoms with Crippen LogP contribution in [0.5, 0.6) is 5.75 Å². The van der Waals surface area contributed by atoms with E-state index in [1.807, 2.05) is 0 Å². The second-order valence-electron chi connectivity index (χ2n) is 9.55. The molecule has 29 heavy (non-hydrogen) atoms. The lowest BCUT2D eigenvalue weighted by atomic mass is 9.74. The van der Waals surface area contributed by atoms with Crippen LogP contribution >= 0.6 is 0 Å². The van der Waals surface area contributed by atoms with Crippen LogP contribution in [0.2, 0.25) is 0 Å². The predicted octanol–water partition coefficient (Wildman–Crippen LogP) is 8.60. The van der Waals surface area contributed by atoms with Crippen molar-refractivity contribution in [2.75, 3.05) is 6.61 Å². The Morgan fingerprint density at radius 2 is 1.45 bits per heavy atom. The summed E-state index contributed by atoms with van der Waals surface area (Å²) in [5, 5.41) is 0. The number of hydrogen-bond donors (Lipinski definition) is 0. The van der Waals surface area contributed by atoms with Gasteiger partial charge >= 0.3 is 0 Å². The molecule has 0 amide bonds. The Bertz CT molecular complexity index is 577. The van der Waals surface area contributed by atoms with Gasteiger partial charge in [0, 0.05) is 0 Å².